The smallest absolute Gasteiger partial charge is 0.244 e. The van der Waals surface area contributed by atoms with Gasteiger partial charge in [0.25, 0.3) is 0 Å². The maximum atomic E-state index is 12.0. The van der Waals surface area contributed by atoms with Crippen molar-refractivity contribution in [2.45, 2.75) is 19.8 Å². The van der Waals surface area contributed by atoms with Crippen molar-refractivity contribution >= 4 is 5.91 Å². The molecular weight excluding hydrogens is 204 g/mol. The van der Waals surface area contributed by atoms with Gasteiger partial charge in [0.15, 0.2) is 0 Å². The second-order valence-corrected chi connectivity index (χ2v) is 4.18. The molecular formula is C11H12N4O. The Morgan fingerprint density at radius 2 is 1.81 bits per heavy atom. The quantitative estimate of drug-likeness (QED) is 0.652. The molecule has 0 heterocycles. The van der Waals surface area contributed by atoms with E-state index in [9.17, 15) is 4.79 Å². The van der Waals surface area contributed by atoms with Crippen molar-refractivity contribution in [3.63, 3.8) is 0 Å². The van der Waals surface area contributed by atoms with Gasteiger partial charge in [0.05, 0.1) is 18.2 Å². The van der Waals surface area contributed by atoms with Gasteiger partial charge in [-0.15, -0.1) is 0 Å². The fraction of sp³-hybridized carbons (Fsp3) is 0.636. The van der Waals surface area contributed by atoms with Crippen molar-refractivity contribution in [3.8, 4) is 18.2 Å². The lowest BCUT2D eigenvalue weighted by molar-refractivity contribution is -0.144. The van der Waals surface area contributed by atoms with Gasteiger partial charge < -0.3 is 4.90 Å². The van der Waals surface area contributed by atoms with Gasteiger partial charge in [-0.2, -0.15) is 15.8 Å². The molecule has 5 heteroatoms. The molecule has 1 aliphatic rings. The maximum Gasteiger partial charge on any atom is 0.244 e. The molecule has 0 aromatic carbocycles. The van der Waals surface area contributed by atoms with Crippen LogP contribution in [0.3, 0.4) is 0 Å². The lowest BCUT2D eigenvalue weighted by atomic mass is 9.62. The third-order valence-electron chi connectivity index (χ3n) is 2.83. The molecule has 1 amide bonds. The number of hydrogen-bond acceptors (Lipinski definition) is 4. The molecule has 0 aliphatic heterocycles. The summed E-state index contributed by atoms with van der Waals surface area (Å²) < 4.78 is 0. The topological polar surface area (TPSA) is 91.7 Å². The van der Waals surface area contributed by atoms with E-state index in [0.29, 0.717) is 18.8 Å². The number of hydrogen-bond donors (Lipinski definition) is 0. The molecule has 0 spiro atoms. The Morgan fingerprint density at radius 3 is 2.12 bits per heavy atom. The van der Waals surface area contributed by atoms with Crippen LogP contribution in [0, 0.1) is 45.3 Å². The number of carbonyl (C=O) groups excluding carboxylic acids is 1. The zero-order valence-electron chi connectivity index (χ0n) is 9.10. The van der Waals surface area contributed by atoms with Gasteiger partial charge in [-0.1, -0.05) is 6.92 Å². The van der Waals surface area contributed by atoms with E-state index in [2.05, 4.69) is 0 Å². The van der Waals surface area contributed by atoms with E-state index in [0.717, 1.165) is 4.90 Å². The average Bonchev–Trinajstić information content (AvgIpc) is 2.23. The Bertz CT molecular complexity index is 387. The molecule has 0 N–H and O–H groups in total. The van der Waals surface area contributed by atoms with Crippen LogP contribution in [0.1, 0.15) is 19.8 Å². The third kappa shape index (κ3) is 1.97. The number of amides is 1. The predicted octanol–water partition coefficient (Wildman–Crippen LogP) is 0.802. The lowest BCUT2D eigenvalue weighted by Gasteiger charge is -2.41. The van der Waals surface area contributed by atoms with Crippen LogP contribution in [0.25, 0.3) is 0 Å². The van der Waals surface area contributed by atoms with Crippen molar-refractivity contribution in [2.75, 3.05) is 13.1 Å². The molecule has 0 unspecified atom stereocenters. The minimum Gasteiger partial charge on any atom is -0.315 e. The first-order valence-corrected chi connectivity index (χ1v) is 5.04. The summed E-state index contributed by atoms with van der Waals surface area (Å²) in [6.45, 7) is 1.70. The zero-order valence-corrected chi connectivity index (χ0v) is 9.10. The SMILES string of the molecule is CC1CC(C#N)(C(=O)N(CC#N)CC#N)C1. The standard InChI is InChI=1S/C11H12N4O/c1-9-6-11(7-9,8-14)10(16)15(4-2-12)5-3-13/h9H,4-7H2,1H3. The van der Waals surface area contributed by atoms with E-state index in [4.69, 9.17) is 15.8 Å². The summed E-state index contributed by atoms with van der Waals surface area (Å²) >= 11 is 0. The Kier molecular flexibility index (Phi) is 3.48. The van der Waals surface area contributed by atoms with Gasteiger partial charge in [0.1, 0.15) is 18.5 Å². The van der Waals surface area contributed by atoms with Gasteiger partial charge in [0.2, 0.25) is 5.91 Å². The first kappa shape index (κ1) is 12.0. The second kappa shape index (κ2) is 4.64. The van der Waals surface area contributed by atoms with Crippen molar-refractivity contribution in [1.29, 1.82) is 15.8 Å². The second-order valence-electron chi connectivity index (χ2n) is 4.18. The van der Waals surface area contributed by atoms with Gasteiger partial charge in [-0.25, -0.2) is 0 Å². The van der Waals surface area contributed by atoms with E-state index >= 15 is 0 Å². The zero-order chi connectivity index (χ0) is 12.2. The van der Waals surface area contributed by atoms with Crippen molar-refractivity contribution in [2.24, 2.45) is 11.3 Å². The highest BCUT2D eigenvalue weighted by molar-refractivity contribution is 5.87. The fourth-order valence-corrected chi connectivity index (χ4v) is 2.12. The minimum absolute atomic E-state index is 0.135. The summed E-state index contributed by atoms with van der Waals surface area (Å²) in [5.41, 5.74) is -0.993. The molecule has 1 saturated carbocycles. The van der Waals surface area contributed by atoms with Crippen molar-refractivity contribution in [1.82, 2.24) is 4.90 Å². The molecule has 0 radical (unpaired) electrons. The van der Waals surface area contributed by atoms with Crippen LogP contribution in [-0.2, 0) is 4.79 Å². The monoisotopic (exact) mass is 216 g/mol. The minimum atomic E-state index is -0.993. The molecule has 0 saturated heterocycles. The first-order valence-electron chi connectivity index (χ1n) is 5.04. The van der Waals surface area contributed by atoms with E-state index in [1.165, 1.54) is 0 Å². The van der Waals surface area contributed by atoms with E-state index < -0.39 is 5.41 Å². The number of rotatable bonds is 3. The molecule has 0 aromatic rings. The number of nitrogens with zero attached hydrogens (tertiary/aromatic N) is 4. The highest BCUT2D eigenvalue weighted by Gasteiger charge is 2.50. The van der Waals surface area contributed by atoms with Crippen LogP contribution in [0.15, 0.2) is 0 Å². The highest BCUT2D eigenvalue weighted by Crippen LogP contribution is 2.46. The Labute approximate surface area is 94.5 Å². The molecule has 0 aromatic heterocycles. The van der Waals surface area contributed by atoms with Crippen LogP contribution in [0.5, 0.6) is 0 Å². The summed E-state index contributed by atoms with van der Waals surface area (Å²) in [6, 6.07) is 5.70. The Morgan fingerprint density at radius 1 is 1.31 bits per heavy atom. The van der Waals surface area contributed by atoms with E-state index in [1.807, 2.05) is 25.1 Å². The van der Waals surface area contributed by atoms with Gasteiger partial charge in [-0.05, 0) is 18.8 Å². The Balaban J connectivity index is 2.80. The summed E-state index contributed by atoms with van der Waals surface area (Å²) in [5.74, 6) is -0.0224. The van der Waals surface area contributed by atoms with Crippen LogP contribution in [0.2, 0.25) is 0 Å². The van der Waals surface area contributed by atoms with Gasteiger partial charge >= 0.3 is 0 Å². The molecule has 0 atom stereocenters. The molecule has 1 fully saturated rings. The predicted molar refractivity (Wildman–Crippen MR) is 54.3 cm³/mol. The molecule has 16 heavy (non-hydrogen) atoms. The summed E-state index contributed by atoms with van der Waals surface area (Å²) in [5, 5.41) is 26.2. The molecule has 1 aliphatic carbocycles. The average molecular weight is 216 g/mol. The van der Waals surface area contributed by atoms with E-state index in [1.54, 1.807) is 0 Å². The Hall–Kier alpha value is -2.06. The summed E-state index contributed by atoms with van der Waals surface area (Å²) in [7, 11) is 0. The number of carbonyl (C=O) groups is 1. The maximum absolute atomic E-state index is 12.0. The van der Waals surface area contributed by atoms with Gasteiger partial charge in [0, 0.05) is 0 Å². The molecule has 5 nitrogen and oxygen atoms in total. The van der Waals surface area contributed by atoms with Crippen LogP contribution >= 0.6 is 0 Å². The largest absolute Gasteiger partial charge is 0.315 e. The summed E-state index contributed by atoms with van der Waals surface area (Å²) in [4.78, 5) is 13.2. The van der Waals surface area contributed by atoms with E-state index in [-0.39, 0.29) is 19.0 Å². The third-order valence-corrected chi connectivity index (χ3v) is 2.83. The van der Waals surface area contributed by atoms with Crippen LogP contribution in [0.4, 0.5) is 0 Å². The molecule has 1 rings (SSSR count). The first-order chi connectivity index (χ1) is 7.59. The highest BCUT2D eigenvalue weighted by atomic mass is 16.2. The van der Waals surface area contributed by atoms with Crippen molar-refractivity contribution < 1.29 is 4.79 Å². The molecule has 0 bridgehead atoms. The lowest BCUT2D eigenvalue weighted by Crippen LogP contribution is -2.50. The molecule has 82 valence electrons. The summed E-state index contributed by atoms with van der Waals surface area (Å²) in [6.07, 6.45) is 1.05. The number of nitriles is 3. The van der Waals surface area contributed by atoms with Crippen molar-refractivity contribution in [3.05, 3.63) is 0 Å². The normalized spacial score (nSPS) is 26.8. The van der Waals surface area contributed by atoms with Crippen LogP contribution < -0.4 is 0 Å². The fourth-order valence-electron chi connectivity index (χ4n) is 2.12. The van der Waals surface area contributed by atoms with Crippen LogP contribution in [-0.4, -0.2) is 23.9 Å². The van der Waals surface area contributed by atoms with Gasteiger partial charge in [-0.3, -0.25) is 4.79 Å².